The Morgan fingerprint density at radius 1 is 1.00 bits per heavy atom. The number of rotatable bonds is 6. The van der Waals surface area contributed by atoms with Crippen molar-refractivity contribution in [3.8, 4) is 5.75 Å². The third-order valence-corrected chi connectivity index (χ3v) is 4.72. The molecule has 0 fully saturated rings. The molecule has 132 valence electrons. The van der Waals surface area contributed by atoms with Gasteiger partial charge in [-0.05, 0) is 43.3 Å². The number of anilines is 2. The Morgan fingerprint density at radius 3 is 2.16 bits per heavy atom. The third kappa shape index (κ3) is 4.57. The zero-order chi connectivity index (χ0) is 18.6. The minimum absolute atomic E-state index is 0.0194. The number of nitrogens with one attached hydrogen (secondary N) is 2. The number of sulfonamides is 1. The maximum Gasteiger partial charge on any atom is 0.262 e. The van der Waals surface area contributed by atoms with Gasteiger partial charge >= 0.3 is 0 Å². The molecule has 0 saturated heterocycles. The molecule has 0 aliphatic carbocycles. The molecular weight excluding hydrogens is 344 g/mol. The number of hydrogen-bond acceptors (Lipinski definition) is 5. The molecular formula is C17H18N2O5S. The van der Waals surface area contributed by atoms with Crippen LogP contribution < -0.4 is 14.8 Å². The second-order valence-corrected chi connectivity index (χ2v) is 6.96. The highest BCUT2D eigenvalue weighted by Gasteiger charge is 2.17. The van der Waals surface area contributed by atoms with Gasteiger partial charge in [0.05, 0.1) is 17.7 Å². The first-order valence-corrected chi connectivity index (χ1v) is 8.80. The second-order valence-electron chi connectivity index (χ2n) is 5.28. The summed E-state index contributed by atoms with van der Waals surface area (Å²) in [6.07, 6.45) is 0. The van der Waals surface area contributed by atoms with Crippen molar-refractivity contribution in [3.63, 3.8) is 0 Å². The Bertz CT molecular complexity index is 905. The van der Waals surface area contributed by atoms with Crippen molar-refractivity contribution in [2.24, 2.45) is 0 Å². The highest BCUT2D eigenvalue weighted by atomic mass is 32.2. The topological polar surface area (TPSA) is 102 Å². The first-order valence-electron chi connectivity index (χ1n) is 7.32. The largest absolute Gasteiger partial charge is 0.495 e. The summed E-state index contributed by atoms with van der Waals surface area (Å²) < 4.78 is 32.6. The number of carbonyl (C=O) groups excluding carboxylic acids is 2. The molecule has 0 saturated carbocycles. The lowest BCUT2D eigenvalue weighted by atomic mass is 10.1. The minimum atomic E-state index is -3.85. The highest BCUT2D eigenvalue weighted by molar-refractivity contribution is 7.92. The molecule has 0 aliphatic heterocycles. The maximum atomic E-state index is 12.5. The van der Waals surface area contributed by atoms with Crippen LogP contribution in [0, 0.1) is 0 Å². The van der Waals surface area contributed by atoms with Crippen molar-refractivity contribution in [2.75, 3.05) is 17.1 Å². The molecule has 7 nitrogen and oxygen atoms in total. The average molecular weight is 362 g/mol. The van der Waals surface area contributed by atoms with Gasteiger partial charge in [-0.25, -0.2) is 8.42 Å². The van der Waals surface area contributed by atoms with Gasteiger partial charge in [-0.2, -0.15) is 0 Å². The van der Waals surface area contributed by atoms with Crippen LogP contribution in [0.3, 0.4) is 0 Å². The first-order chi connectivity index (χ1) is 11.7. The van der Waals surface area contributed by atoms with Gasteiger partial charge in [0.15, 0.2) is 5.78 Å². The zero-order valence-electron chi connectivity index (χ0n) is 14.0. The van der Waals surface area contributed by atoms with Crippen molar-refractivity contribution >= 4 is 33.1 Å². The van der Waals surface area contributed by atoms with Gasteiger partial charge in [-0.1, -0.05) is 0 Å². The fourth-order valence-electron chi connectivity index (χ4n) is 2.12. The van der Waals surface area contributed by atoms with Crippen LogP contribution in [-0.4, -0.2) is 27.2 Å². The van der Waals surface area contributed by atoms with E-state index in [-0.39, 0.29) is 22.3 Å². The Labute approximate surface area is 146 Å². The minimum Gasteiger partial charge on any atom is -0.495 e. The fourth-order valence-corrected chi connectivity index (χ4v) is 3.19. The summed E-state index contributed by atoms with van der Waals surface area (Å²) >= 11 is 0. The third-order valence-electron chi connectivity index (χ3n) is 3.34. The SMILES string of the molecule is COc1cc(S(=O)(=O)Nc2ccc(C(C)=O)cc2)ccc1NC(C)=O. The zero-order valence-corrected chi connectivity index (χ0v) is 14.8. The quantitative estimate of drug-likeness (QED) is 0.769. The van der Waals surface area contributed by atoms with Crippen molar-refractivity contribution in [3.05, 3.63) is 48.0 Å². The van der Waals surface area contributed by atoms with E-state index in [4.69, 9.17) is 4.74 Å². The van der Waals surface area contributed by atoms with E-state index in [2.05, 4.69) is 10.0 Å². The van der Waals surface area contributed by atoms with E-state index in [1.165, 1.54) is 51.3 Å². The van der Waals surface area contributed by atoms with Crippen LogP contribution in [0.1, 0.15) is 24.2 Å². The van der Waals surface area contributed by atoms with Crippen molar-refractivity contribution < 1.29 is 22.7 Å². The number of hydrogen-bond donors (Lipinski definition) is 2. The van der Waals surface area contributed by atoms with Crippen LogP contribution in [0.2, 0.25) is 0 Å². The first kappa shape index (κ1) is 18.5. The lowest BCUT2D eigenvalue weighted by Crippen LogP contribution is -2.14. The van der Waals surface area contributed by atoms with Gasteiger partial charge in [0.25, 0.3) is 10.0 Å². The Hall–Kier alpha value is -2.87. The van der Waals surface area contributed by atoms with Crippen LogP contribution >= 0.6 is 0 Å². The van der Waals surface area contributed by atoms with E-state index in [0.717, 1.165) is 0 Å². The van der Waals surface area contributed by atoms with Crippen LogP contribution in [0.4, 0.5) is 11.4 Å². The predicted molar refractivity (Wildman–Crippen MR) is 94.6 cm³/mol. The summed E-state index contributed by atoms with van der Waals surface area (Å²) in [7, 11) is -2.47. The number of methoxy groups -OCH3 is 1. The van der Waals surface area contributed by atoms with Gasteiger partial charge in [-0.15, -0.1) is 0 Å². The molecule has 0 spiro atoms. The van der Waals surface area contributed by atoms with E-state index in [0.29, 0.717) is 16.9 Å². The summed E-state index contributed by atoms with van der Waals surface area (Å²) in [5.41, 5.74) is 1.19. The molecule has 2 rings (SSSR count). The summed E-state index contributed by atoms with van der Waals surface area (Å²) in [6.45, 7) is 2.78. The molecule has 1 amide bonds. The summed E-state index contributed by atoms with van der Waals surface area (Å²) in [4.78, 5) is 22.4. The average Bonchev–Trinajstić information content (AvgIpc) is 2.54. The summed E-state index contributed by atoms with van der Waals surface area (Å²) in [5.74, 6) is -0.171. The Kier molecular flexibility index (Phi) is 5.43. The van der Waals surface area contributed by atoms with Crippen molar-refractivity contribution in [1.82, 2.24) is 0 Å². The summed E-state index contributed by atoms with van der Waals surface area (Å²) in [6, 6.07) is 10.2. The van der Waals surface area contributed by atoms with Crippen molar-refractivity contribution in [1.29, 1.82) is 0 Å². The van der Waals surface area contributed by atoms with Gasteiger partial charge in [0, 0.05) is 24.2 Å². The molecule has 25 heavy (non-hydrogen) atoms. The molecule has 8 heteroatoms. The van der Waals surface area contributed by atoms with E-state index in [9.17, 15) is 18.0 Å². The molecule has 2 aromatic carbocycles. The molecule has 0 heterocycles. The number of ether oxygens (including phenoxy) is 1. The molecule has 0 aliphatic rings. The number of ketones is 1. The highest BCUT2D eigenvalue weighted by Crippen LogP contribution is 2.28. The van der Waals surface area contributed by atoms with E-state index in [1.807, 2.05) is 0 Å². The standard InChI is InChI=1S/C17H18N2O5S/c1-11(20)13-4-6-14(7-5-13)19-25(22,23)15-8-9-16(18-12(2)21)17(10-15)24-3/h4-10,19H,1-3H3,(H,18,21). The van der Waals surface area contributed by atoms with Gasteiger partial charge in [0.2, 0.25) is 5.91 Å². The number of benzene rings is 2. The number of amides is 1. The molecule has 0 atom stereocenters. The molecule has 0 aromatic heterocycles. The van der Waals surface area contributed by atoms with Gasteiger partial charge in [-0.3, -0.25) is 14.3 Å². The van der Waals surface area contributed by atoms with E-state index >= 15 is 0 Å². The Morgan fingerprint density at radius 2 is 1.64 bits per heavy atom. The lowest BCUT2D eigenvalue weighted by Gasteiger charge is -2.12. The van der Waals surface area contributed by atoms with Gasteiger partial charge < -0.3 is 10.1 Å². The lowest BCUT2D eigenvalue weighted by molar-refractivity contribution is -0.114. The second kappa shape index (κ2) is 7.35. The smallest absolute Gasteiger partial charge is 0.262 e. The van der Waals surface area contributed by atoms with Crippen LogP contribution in [0.5, 0.6) is 5.75 Å². The van der Waals surface area contributed by atoms with Crippen LogP contribution in [-0.2, 0) is 14.8 Å². The fraction of sp³-hybridized carbons (Fsp3) is 0.176. The Balaban J connectivity index is 2.29. The van der Waals surface area contributed by atoms with Crippen LogP contribution in [0.25, 0.3) is 0 Å². The van der Waals surface area contributed by atoms with Gasteiger partial charge in [0.1, 0.15) is 5.75 Å². The molecule has 0 bridgehead atoms. The molecule has 0 unspecified atom stereocenters. The van der Waals surface area contributed by atoms with E-state index in [1.54, 1.807) is 12.1 Å². The normalized spacial score (nSPS) is 10.8. The molecule has 2 N–H and O–H groups in total. The molecule has 2 aromatic rings. The van der Waals surface area contributed by atoms with Crippen molar-refractivity contribution in [2.45, 2.75) is 18.7 Å². The number of carbonyl (C=O) groups is 2. The molecule has 0 radical (unpaired) electrons. The monoisotopic (exact) mass is 362 g/mol. The van der Waals surface area contributed by atoms with E-state index < -0.39 is 10.0 Å². The number of Topliss-reactive ketones (excluding diaryl/α,β-unsaturated/α-hetero) is 1. The predicted octanol–water partition coefficient (Wildman–Crippen LogP) is 2.66. The van der Waals surface area contributed by atoms with Crippen LogP contribution in [0.15, 0.2) is 47.4 Å². The maximum absolute atomic E-state index is 12.5. The summed E-state index contributed by atoms with van der Waals surface area (Å²) in [5, 5.41) is 2.56.